The Bertz CT molecular complexity index is 2900. The second kappa shape index (κ2) is 67.0. The van der Waals surface area contributed by atoms with Gasteiger partial charge in [0, 0.05) is 5.33 Å². The van der Waals surface area contributed by atoms with Gasteiger partial charge < -0.3 is 0 Å². The van der Waals surface area contributed by atoms with Crippen LogP contribution in [0.25, 0.3) is 5.57 Å². The molecule has 2 rings (SSSR count). The van der Waals surface area contributed by atoms with Crippen molar-refractivity contribution in [2.24, 2.45) is 0 Å². The quantitative estimate of drug-likeness (QED) is 0.0491. The summed E-state index contributed by atoms with van der Waals surface area (Å²) in [6, 6.07) is 21.0. The maximum absolute atomic E-state index is 8.29. The molecule has 2 aromatic rings. The number of alkyl halides is 1. The molecule has 0 aliphatic carbocycles. The first-order valence-electron chi connectivity index (χ1n) is 35.4. The van der Waals surface area contributed by atoms with Gasteiger partial charge >= 0.3 is 23.1 Å². The van der Waals surface area contributed by atoms with Gasteiger partial charge in [-0.25, -0.2) is 0 Å². The number of benzene rings is 2. The van der Waals surface area contributed by atoms with Gasteiger partial charge in [0.15, 0.2) is 0 Å². The molecule has 95 heavy (non-hydrogen) atoms. The molecule has 0 N–H and O–H groups in total. The highest BCUT2D eigenvalue weighted by atomic mass is 79.9. The van der Waals surface area contributed by atoms with Crippen molar-refractivity contribution >= 4 is 44.6 Å². The highest BCUT2D eigenvalue weighted by molar-refractivity contribution is 9.09. The van der Waals surface area contributed by atoms with Crippen LogP contribution in [0, 0.1) is 0 Å². The Morgan fingerprint density at radius 2 is 0.537 bits per heavy atom. The Morgan fingerprint density at radius 1 is 0.326 bits per heavy atom. The summed E-state index contributed by atoms with van der Waals surface area (Å²) in [6.07, 6.45) is 68.1. The van der Waals surface area contributed by atoms with E-state index >= 15 is 0 Å². The Kier molecular flexibility index (Phi) is 66.0. The average Bonchev–Trinajstić information content (AvgIpc) is 1.35. The molecule has 0 fully saturated rings. The number of rotatable bonds is 42. The van der Waals surface area contributed by atoms with Gasteiger partial charge in [-0.15, -0.1) is 6.58 Å². The SMILES string of the molecule is C/C=C(\C/C=C(\C)CC/C=C(\C)CC/C=C(\C)CC/C=C(\C)CC/C=C(\C)CC/C=C(\C)CCC=C(C)C)c1ccccc1.C=CCc1ccccc1.CC(C)=CCC/C(C)=C/CC/C(C)=C/CC/C(C)=C/CC/C(C)=C/CC/C(C)=C/CC/C(C)=C/CBr.O=S=O.O=S=O. The molecule has 0 aromatic heterocycles. The van der Waals surface area contributed by atoms with Gasteiger partial charge in [-0.2, -0.15) is 16.8 Å². The summed E-state index contributed by atoms with van der Waals surface area (Å²) >= 11 is 1.97. The van der Waals surface area contributed by atoms with Gasteiger partial charge in [-0.1, -0.05) is 252 Å². The van der Waals surface area contributed by atoms with Crippen molar-refractivity contribution in [3.8, 4) is 0 Å². The highest BCUT2D eigenvalue weighted by Crippen LogP contribution is 2.22. The zero-order chi connectivity index (χ0) is 71.7. The lowest BCUT2D eigenvalue weighted by molar-refractivity contribution is 0.628. The summed E-state index contributed by atoms with van der Waals surface area (Å²) < 4.78 is 33.2. The summed E-state index contributed by atoms with van der Waals surface area (Å²) in [6.45, 7) is 41.9. The topological polar surface area (TPSA) is 68.3 Å². The Morgan fingerprint density at radius 3 is 0.747 bits per heavy atom. The molecule has 0 bridgehead atoms. The second-order valence-electron chi connectivity index (χ2n) is 26.3. The molecule has 0 aliphatic heterocycles. The molecule has 0 saturated carbocycles. The standard InChI is InChI=1S/C44H66.C35H57Br.C9H10.2O2S/c1-10-43(44-32-12-11-13-33-44)35-34-42(9)31-19-30-41(8)29-18-28-40(7)27-17-26-39(6)25-16-24-38(5)23-15-22-37(4)21-14-20-36(2)3;1-29(2)15-9-16-30(3)17-10-18-31(4)19-11-20-32(5)21-12-22-33(6)23-13-24-34(7)25-14-26-35(8)27-28-36;1-2-6-9-7-4-3-5-8-9;2*1-3-2/h10-13,20,22,24,26,28,30,32-34H,14-19,21,23,25,27,29,31,35H2,1-9H3;15,17,19,21,23,25,27H,9-14,16,18,20,22,24,26,28H2,1-8H3;2-5,7-8H,1,6H2;;/b37-22+,38-24+,39-26+,40-28+,41-30+,42-34+,43-10+;30-17+,31-19+,32-21+,33-23+,34-25+,35-27+;;;. The van der Waals surface area contributed by atoms with Crippen LogP contribution in [0.4, 0.5) is 0 Å². The number of allylic oxidation sites excluding steroid dienone is 31. The monoisotopic (exact) mass is 1400 g/mol. The van der Waals surface area contributed by atoms with Crippen LogP contribution >= 0.6 is 15.9 Å². The third-order valence-corrected chi connectivity index (χ3v) is 16.6. The van der Waals surface area contributed by atoms with Gasteiger partial charge in [0.2, 0.25) is 0 Å². The molecule has 0 unspecified atom stereocenters. The first kappa shape index (κ1) is 93.6. The normalized spacial score (nSPS) is 13.2. The van der Waals surface area contributed by atoms with E-state index in [1.54, 1.807) is 0 Å². The predicted octanol–water partition coefficient (Wildman–Crippen LogP) is 28.6. The van der Waals surface area contributed by atoms with Crippen molar-refractivity contribution in [2.45, 2.75) is 285 Å². The first-order chi connectivity index (χ1) is 45.5. The Labute approximate surface area is 600 Å². The molecule has 0 saturated heterocycles. The fourth-order valence-electron chi connectivity index (χ4n) is 10.1. The van der Waals surface area contributed by atoms with E-state index in [-0.39, 0.29) is 0 Å². The van der Waals surface area contributed by atoms with E-state index in [4.69, 9.17) is 16.8 Å². The van der Waals surface area contributed by atoms with Gasteiger partial charge in [-0.05, 0) is 301 Å². The summed E-state index contributed by atoms with van der Waals surface area (Å²) in [5.74, 6) is 0. The van der Waals surface area contributed by atoms with Gasteiger partial charge in [0.1, 0.15) is 0 Å². The van der Waals surface area contributed by atoms with Crippen LogP contribution in [0.1, 0.15) is 289 Å². The maximum atomic E-state index is 8.29. The number of hydrogen-bond donors (Lipinski definition) is 0. The van der Waals surface area contributed by atoms with E-state index < -0.39 is 23.1 Å². The molecule has 0 atom stereocenters. The fourth-order valence-corrected chi connectivity index (χ4v) is 10.7. The van der Waals surface area contributed by atoms with E-state index in [0.717, 1.165) is 56.7 Å². The van der Waals surface area contributed by atoms with Crippen molar-refractivity contribution in [1.82, 2.24) is 0 Å². The van der Waals surface area contributed by atoms with Gasteiger partial charge in [0.25, 0.3) is 0 Å². The minimum atomic E-state index is -0.750. The van der Waals surface area contributed by atoms with Crippen LogP contribution in [0.5, 0.6) is 0 Å². The molecule has 0 spiro atoms. The van der Waals surface area contributed by atoms with Crippen molar-refractivity contribution in [3.63, 3.8) is 0 Å². The zero-order valence-corrected chi connectivity index (χ0v) is 66.4. The zero-order valence-electron chi connectivity index (χ0n) is 63.1. The van der Waals surface area contributed by atoms with Gasteiger partial charge in [-0.3, -0.25) is 0 Å². The molecule has 0 aliphatic rings. The number of halogens is 1. The average molecular weight is 1400 g/mol. The molecule has 4 nitrogen and oxygen atoms in total. The lowest BCUT2D eigenvalue weighted by Gasteiger charge is -2.06. The summed E-state index contributed by atoms with van der Waals surface area (Å²) in [5.41, 5.74) is 25.1. The lowest BCUT2D eigenvalue weighted by atomic mass is 10.00. The highest BCUT2D eigenvalue weighted by Gasteiger charge is 2.02. The maximum Gasteiger partial charge on any atom is 0.335 e. The number of hydrogen-bond acceptors (Lipinski definition) is 4. The minimum Gasteiger partial charge on any atom is -0.168 e. The third-order valence-electron chi connectivity index (χ3n) is 16.3. The third kappa shape index (κ3) is 66.8. The van der Waals surface area contributed by atoms with Crippen LogP contribution in [0.15, 0.2) is 242 Å². The fraction of sp³-hybridized carbons (Fsp3) is 0.500. The summed E-state index contributed by atoms with van der Waals surface area (Å²) in [7, 11) is 0. The molecule has 0 amide bonds. The molecular weight excluding hydrogens is 1270 g/mol. The molecule has 0 radical (unpaired) electrons. The summed E-state index contributed by atoms with van der Waals surface area (Å²) in [5, 5.41) is 0.965. The molecule has 528 valence electrons. The van der Waals surface area contributed by atoms with Crippen molar-refractivity contribution in [1.29, 1.82) is 0 Å². The molecule has 2 aromatic carbocycles. The van der Waals surface area contributed by atoms with Crippen molar-refractivity contribution < 1.29 is 16.8 Å². The first-order valence-corrected chi connectivity index (χ1v) is 37.8. The van der Waals surface area contributed by atoms with Crippen molar-refractivity contribution in [3.05, 3.63) is 254 Å². The van der Waals surface area contributed by atoms with Crippen LogP contribution in [-0.4, -0.2) is 22.2 Å². The van der Waals surface area contributed by atoms with Crippen molar-refractivity contribution in [2.75, 3.05) is 5.33 Å². The molecular formula is C88H133BrO4S2. The van der Waals surface area contributed by atoms with E-state index in [9.17, 15) is 0 Å². The van der Waals surface area contributed by atoms with E-state index in [1.165, 1.54) is 210 Å². The smallest absolute Gasteiger partial charge is 0.168 e. The van der Waals surface area contributed by atoms with Gasteiger partial charge in [0.05, 0.1) is 0 Å². The summed E-state index contributed by atoms with van der Waals surface area (Å²) in [4.78, 5) is 0. The van der Waals surface area contributed by atoms with E-state index in [1.807, 2.05) is 24.3 Å². The molecule has 7 heteroatoms. The van der Waals surface area contributed by atoms with Crippen LogP contribution in [-0.2, 0) is 29.6 Å². The van der Waals surface area contributed by atoms with Crippen LogP contribution in [0.3, 0.4) is 0 Å². The largest absolute Gasteiger partial charge is 0.335 e. The minimum absolute atomic E-state index is 0.750. The second-order valence-corrected chi connectivity index (χ2v) is 27.2. The van der Waals surface area contributed by atoms with Crippen LogP contribution < -0.4 is 0 Å². The predicted molar refractivity (Wildman–Crippen MR) is 431 cm³/mol. The Balaban J connectivity index is -0.00000148. The van der Waals surface area contributed by atoms with Crippen LogP contribution in [0.2, 0.25) is 0 Å². The van der Waals surface area contributed by atoms with E-state index in [0.29, 0.717) is 0 Å². The lowest BCUT2D eigenvalue weighted by Crippen LogP contribution is -1.85. The van der Waals surface area contributed by atoms with E-state index in [2.05, 4.69) is 274 Å². The molecule has 0 heterocycles. The Hall–Kier alpha value is -5.60.